The van der Waals surface area contributed by atoms with E-state index in [1.54, 1.807) is 6.26 Å². The maximum atomic E-state index is 9.12. The summed E-state index contributed by atoms with van der Waals surface area (Å²) in [5.41, 5.74) is 1.28. The minimum absolute atomic E-state index is 0.106. The second-order valence-electron chi connectivity index (χ2n) is 4.91. The molecule has 17 heavy (non-hydrogen) atoms. The topological polar surface area (TPSA) is 54.6 Å². The molecule has 2 heterocycles. The molecule has 1 unspecified atom stereocenters. The Bertz CT molecular complexity index is 342. The van der Waals surface area contributed by atoms with Crippen molar-refractivity contribution in [3.8, 4) is 0 Å². The predicted octanol–water partition coefficient (Wildman–Crippen LogP) is 1.47. The average molecular weight is 239 g/mol. The van der Waals surface area contributed by atoms with Gasteiger partial charge in [-0.25, -0.2) is 0 Å². The van der Waals surface area contributed by atoms with E-state index in [2.05, 4.69) is 5.32 Å². The van der Waals surface area contributed by atoms with E-state index >= 15 is 0 Å². The molecule has 0 bridgehead atoms. The SMILES string of the molecule is Cc1ccoc1CNCC1(CCO)CCOC1. The van der Waals surface area contributed by atoms with Gasteiger partial charge in [-0.3, -0.25) is 0 Å². The second-order valence-corrected chi connectivity index (χ2v) is 4.91. The molecular formula is C13H21NO3. The number of aryl methyl sites for hydroxylation is 1. The highest BCUT2D eigenvalue weighted by atomic mass is 16.5. The summed E-state index contributed by atoms with van der Waals surface area (Å²) in [6.45, 7) is 5.44. The van der Waals surface area contributed by atoms with E-state index in [1.807, 2.05) is 13.0 Å². The lowest BCUT2D eigenvalue weighted by Gasteiger charge is -2.26. The summed E-state index contributed by atoms with van der Waals surface area (Å²) >= 11 is 0. The third-order valence-electron chi connectivity index (χ3n) is 3.58. The van der Waals surface area contributed by atoms with Crippen molar-refractivity contribution in [1.82, 2.24) is 5.32 Å². The fraction of sp³-hybridized carbons (Fsp3) is 0.692. The van der Waals surface area contributed by atoms with E-state index in [0.717, 1.165) is 44.9 Å². The first-order chi connectivity index (χ1) is 8.26. The lowest BCUT2D eigenvalue weighted by molar-refractivity contribution is 0.124. The van der Waals surface area contributed by atoms with Crippen molar-refractivity contribution in [2.45, 2.75) is 26.3 Å². The molecule has 1 aromatic heterocycles. The van der Waals surface area contributed by atoms with Crippen LogP contribution in [0.2, 0.25) is 0 Å². The maximum absolute atomic E-state index is 9.12. The molecule has 96 valence electrons. The molecule has 2 rings (SSSR count). The third kappa shape index (κ3) is 3.09. The third-order valence-corrected chi connectivity index (χ3v) is 3.58. The van der Waals surface area contributed by atoms with Gasteiger partial charge in [0.1, 0.15) is 5.76 Å². The molecule has 1 aliphatic rings. The first-order valence-electron chi connectivity index (χ1n) is 6.18. The molecule has 0 aliphatic carbocycles. The Hall–Kier alpha value is -0.840. The summed E-state index contributed by atoms with van der Waals surface area (Å²) in [5.74, 6) is 0.989. The van der Waals surface area contributed by atoms with Gasteiger partial charge in [-0.1, -0.05) is 0 Å². The van der Waals surface area contributed by atoms with Crippen LogP contribution >= 0.6 is 0 Å². The van der Waals surface area contributed by atoms with E-state index in [-0.39, 0.29) is 12.0 Å². The molecule has 1 aliphatic heterocycles. The van der Waals surface area contributed by atoms with Gasteiger partial charge in [0.2, 0.25) is 0 Å². The monoisotopic (exact) mass is 239 g/mol. The van der Waals surface area contributed by atoms with Crippen LogP contribution in [0.4, 0.5) is 0 Å². The van der Waals surface area contributed by atoms with Crippen molar-refractivity contribution >= 4 is 0 Å². The van der Waals surface area contributed by atoms with Crippen molar-refractivity contribution in [1.29, 1.82) is 0 Å². The zero-order valence-electron chi connectivity index (χ0n) is 10.4. The molecule has 1 fully saturated rings. The summed E-state index contributed by atoms with van der Waals surface area (Å²) in [6, 6.07) is 1.97. The molecule has 4 nitrogen and oxygen atoms in total. The fourth-order valence-corrected chi connectivity index (χ4v) is 2.34. The molecule has 0 aromatic carbocycles. The van der Waals surface area contributed by atoms with Gasteiger partial charge in [0.25, 0.3) is 0 Å². The number of rotatable bonds is 6. The molecule has 0 spiro atoms. The van der Waals surface area contributed by atoms with Gasteiger partial charge in [-0.05, 0) is 31.4 Å². The molecule has 0 radical (unpaired) electrons. The van der Waals surface area contributed by atoms with E-state index in [9.17, 15) is 0 Å². The van der Waals surface area contributed by atoms with E-state index in [1.165, 1.54) is 5.56 Å². The normalized spacial score (nSPS) is 24.4. The van der Waals surface area contributed by atoms with Gasteiger partial charge in [-0.2, -0.15) is 0 Å². The highest BCUT2D eigenvalue weighted by molar-refractivity contribution is 5.14. The predicted molar refractivity (Wildman–Crippen MR) is 64.7 cm³/mol. The zero-order chi connectivity index (χ0) is 12.1. The van der Waals surface area contributed by atoms with Crippen LogP contribution in [0.3, 0.4) is 0 Å². The largest absolute Gasteiger partial charge is 0.468 e. The Morgan fingerprint density at radius 3 is 3.00 bits per heavy atom. The van der Waals surface area contributed by atoms with Gasteiger partial charge in [0.05, 0.1) is 19.4 Å². The van der Waals surface area contributed by atoms with Gasteiger partial charge in [0, 0.05) is 25.2 Å². The number of hydrogen-bond acceptors (Lipinski definition) is 4. The molecule has 0 saturated carbocycles. The first kappa shape index (κ1) is 12.6. The van der Waals surface area contributed by atoms with Crippen molar-refractivity contribution in [2.75, 3.05) is 26.4 Å². The van der Waals surface area contributed by atoms with Crippen molar-refractivity contribution in [2.24, 2.45) is 5.41 Å². The summed E-state index contributed by atoms with van der Waals surface area (Å²) in [5, 5.41) is 12.5. The van der Waals surface area contributed by atoms with Crippen LogP contribution in [-0.4, -0.2) is 31.5 Å². The standard InChI is InChI=1S/C13H21NO3/c1-11-2-6-17-12(11)8-14-9-13(3-5-15)4-7-16-10-13/h2,6,14-15H,3-5,7-10H2,1H3. The number of nitrogens with one attached hydrogen (secondary N) is 1. The Morgan fingerprint density at radius 1 is 1.53 bits per heavy atom. The molecule has 1 saturated heterocycles. The Kier molecular flexibility index (Phi) is 4.20. The zero-order valence-corrected chi connectivity index (χ0v) is 10.4. The maximum Gasteiger partial charge on any atom is 0.120 e. The Balaban J connectivity index is 1.82. The summed E-state index contributed by atoms with van der Waals surface area (Å²) in [4.78, 5) is 0. The number of aliphatic hydroxyl groups is 1. The molecule has 1 atom stereocenters. The van der Waals surface area contributed by atoms with Crippen LogP contribution in [-0.2, 0) is 11.3 Å². The molecule has 4 heteroatoms. The smallest absolute Gasteiger partial charge is 0.120 e. The number of hydrogen-bond donors (Lipinski definition) is 2. The minimum Gasteiger partial charge on any atom is -0.468 e. The van der Waals surface area contributed by atoms with Crippen molar-refractivity contribution in [3.63, 3.8) is 0 Å². The van der Waals surface area contributed by atoms with Crippen LogP contribution in [0.25, 0.3) is 0 Å². The van der Waals surface area contributed by atoms with Crippen LogP contribution < -0.4 is 5.32 Å². The lowest BCUT2D eigenvalue weighted by atomic mass is 9.84. The van der Waals surface area contributed by atoms with Crippen LogP contribution in [0, 0.1) is 12.3 Å². The van der Waals surface area contributed by atoms with Gasteiger partial charge in [-0.15, -0.1) is 0 Å². The molecular weight excluding hydrogens is 218 g/mol. The quantitative estimate of drug-likeness (QED) is 0.789. The Morgan fingerprint density at radius 2 is 2.41 bits per heavy atom. The first-order valence-corrected chi connectivity index (χ1v) is 6.18. The lowest BCUT2D eigenvalue weighted by Crippen LogP contribution is -2.35. The molecule has 1 aromatic rings. The van der Waals surface area contributed by atoms with Crippen molar-refractivity contribution < 1.29 is 14.3 Å². The van der Waals surface area contributed by atoms with E-state index < -0.39 is 0 Å². The van der Waals surface area contributed by atoms with Crippen LogP contribution in [0.1, 0.15) is 24.2 Å². The highest BCUT2D eigenvalue weighted by Gasteiger charge is 2.33. The minimum atomic E-state index is 0.106. The summed E-state index contributed by atoms with van der Waals surface area (Å²) in [6.07, 6.45) is 3.54. The van der Waals surface area contributed by atoms with Gasteiger partial charge >= 0.3 is 0 Å². The summed E-state index contributed by atoms with van der Waals surface area (Å²) < 4.78 is 10.8. The molecule has 0 amide bonds. The Labute approximate surface area is 102 Å². The van der Waals surface area contributed by atoms with E-state index in [0.29, 0.717) is 0 Å². The van der Waals surface area contributed by atoms with E-state index in [4.69, 9.17) is 14.3 Å². The summed E-state index contributed by atoms with van der Waals surface area (Å²) in [7, 11) is 0. The second kappa shape index (κ2) is 5.67. The number of furan rings is 1. The number of ether oxygens (including phenoxy) is 1. The van der Waals surface area contributed by atoms with Crippen LogP contribution in [0.5, 0.6) is 0 Å². The number of aliphatic hydroxyl groups excluding tert-OH is 1. The fourth-order valence-electron chi connectivity index (χ4n) is 2.34. The van der Waals surface area contributed by atoms with Crippen LogP contribution in [0.15, 0.2) is 16.7 Å². The van der Waals surface area contributed by atoms with Gasteiger partial charge < -0.3 is 19.6 Å². The van der Waals surface area contributed by atoms with Gasteiger partial charge in [0.15, 0.2) is 0 Å². The molecule has 2 N–H and O–H groups in total. The average Bonchev–Trinajstić information content (AvgIpc) is 2.91. The van der Waals surface area contributed by atoms with Crippen molar-refractivity contribution in [3.05, 3.63) is 23.7 Å². The highest BCUT2D eigenvalue weighted by Crippen LogP contribution is 2.31.